The van der Waals surface area contributed by atoms with Crippen LogP contribution >= 0.6 is 0 Å². The van der Waals surface area contributed by atoms with E-state index in [1.54, 1.807) is 36.5 Å². The first-order chi connectivity index (χ1) is 13.2. The first-order valence-electron chi connectivity index (χ1n) is 9.33. The average Bonchev–Trinajstić information content (AvgIpc) is 3.24. The molecule has 2 aromatic carbocycles. The molecule has 1 amide bonds. The summed E-state index contributed by atoms with van der Waals surface area (Å²) in [6, 6.07) is 17.9. The quantitative estimate of drug-likeness (QED) is 0.639. The standard InChI is InChI=1S/C23H21FN2O/c24-21-6-3-15-25-22(21)18-7-9-19(10-8-18)23(27)26-20-13-11-17(12-14-20)16-4-1-2-5-16/h3,6-16H,1-2,4-5H2,(H,26,27). The molecule has 3 nitrogen and oxygen atoms in total. The number of benzene rings is 2. The Kier molecular flexibility index (Phi) is 4.97. The molecular formula is C23H21FN2O. The molecule has 4 rings (SSSR count). The second-order valence-corrected chi connectivity index (χ2v) is 6.97. The van der Waals surface area contributed by atoms with Crippen LogP contribution in [0.3, 0.4) is 0 Å². The van der Waals surface area contributed by atoms with Crippen molar-refractivity contribution in [2.24, 2.45) is 0 Å². The van der Waals surface area contributed by atoms with Crippen LogP contribution in [0, 0.1) is 5.82 Å². The van der Waals surface area contributed by atoms with E-state index in [-0.39, 0.29) is 17.4 Å². The number of aromatic nitrogens is 1. The largest absolute Gasteiger partial charge is 0.322 e. The number of hydrogen-bond acceptors (Lipinski definition) is 2. The Balaban J connectivity index is 1.44. The fourth-order valence-electron chi connectivity index (χ4n) is 3.68. The summed E-state index contributed by atoms with van der Waals surface area (Å²) in [7, 11) is 0. The number of rotatable bonds is 4. The zero-order valence-electron chi connectivity index (χ0n) is 15.0. The van der Waals surface area contributed by atoms with Gasteiger partial charge in [0.1, 0.15) is 11.5 Å². The van der Waals surface area contributed by atoms with Gasteiger partial charge in [-0.3, -0.25) is 9.78 Å². The Hall–Kier alpha value is -3.01. The third-order valence-electron chi connectivity index (χ3n) is 5.17. The topological polar surface area (TPSA) is 42.0 Å². The van der Waals surface area contributed by atoms with Gasteiger partial charge in [0.05, 0.1) is 0 Å². The van der Waals surface area contributed by atoms with Crippen molar-refractivity contribution in [3.63, 3.8) is 0 Å². The van der Waals surface area contributed by atoms with Crippen molar-refractivity contribution in [1.29, 1.82) is 0 Å². The van der Waals surface area contributed by atoms with Gasteiger partial charge >= 0.3 is 0 Å². The molecule has 1 aromatic heterocycles. The molecule has 27 heavy (non-hydrogen) atoms. The predicted molar refractivity (Wildman–Crippen MR) is 105 cm³/mol. The van der Waals surface area contributed by atoms with E-state index in [0.29, 0.717) is 17.0 Å². The molecule has 0 unspecified atom stereocenters. The molecule has 0 atom stereocenters. The van der Waals surface area contributed by atoms with Crippen molar-refractivity contribution in [2.75, 3.05) is 5.32 Å². The fourth-order valence-corrected chi connectivity index (χ4v) is 3.68. The van der Waals surface area contributed by atoms with Gasteiger partial charge in [0, 0.05) is 23.0 Å². The van der Waals surface area contributed by atoms with Crippen LogP contribution < -0.4 is 5.32 Å². The first kappa shape index (κ1) is 17.4. The summed E-state index contributed by atoms with van der Waals surface area (Å²) >= 11 is 0. The van der Waals surface area contributed by atoms with Crippen LogP contribution in [0.2, 0.25) is 0 Å². The molecule has 1 heterocycles. The second kappa shape index (κ2) is 7.70. The van der Waals surface area contributed by atoms with E-state index in [1.807, 2.05) is 12.1 Å². The fraction of sp³-hybridized carbons (Fsp3) is 0.217. The van der Waals surface area contributed by atoms with Crippen molar-refractivity contribution < 1.29 is 9.18 Å². The third-order valence-corrected chi connectivity index (χ3v) is 5.17. The van der Waals surface area contributed by atoms with E-state index in [2.05, 4.69) is 22.4 Å². The molecule has 1 fully saturated rings. The lowest BCUT2D eigenvalue weighted by Crippen LogP contribution is -2.11. The highest BCUT2D eigenvalue weighted by Gasteiger charge is 2.17. The molecule has 1 aliphatic rings. The van der Waals surface area contributed by atoms with Crippen LogP contribution in [0.15, 0.2) is 66.9 Å². The molecule has 0 aliphatic heterocycles. The van der Waals surface area contributed by atoms with Crippen molar-refractivity contribution in [1.82, 2.24) is 4.98 Å². The lowest BCUT2D eigenvalue weighted by Gasteiger charge is -2.11. The normalized spacial score (nSPS) is 14.3. The summed E-state index contributed by atoms with van der Waals surface area (Å²) in [4.78, 5) is 16.5. The number of hydrogen-bond donors (Lipinski definition) is 1. The Bertz CT molecular complexity index is 929. The van der Waals surface area contributed by atoms with Gasteiger partial charge in [-0.2, -0.15) is 0 Å². The van der Waals surface area contributed by atoms with Crippen molar-refractivity contribution in [3.05, 3.63) is 83.8 Å². The number of nitrogens with one attached hydrogen (secondary N) is 1. The Morgan fingerprint density at radius 2 is 1.67 bits per heavy atom. The van der Waals surface area contributed by atoms with E-state index in [4.69, 9.17) is 0 Å². The molecule has 0 radical (unpaired) electrons. The number of carbonyl (C=O) groups excluding carboxylic acids is 1. The van der Waals surface area contributed by atoms with E-state index >= 15 is 0 Å². The van der Waals surface area contributed by atoms with Crippen LogP contribution in [0.1, 0.15) is 47.5 Å². The molecule has 0 bridgehead atoms. The smallest absolute Gasteiger partial charge is 0.255 e. The van der Waals surface area contributed by atoms with E-state index in [9.17, 15) is 9.18 Å². The third kappa shape index (κ3) is 3.90. The number of pyridine rings is 1. The molecule has 1 N–H and O–H groups in total. The molecule has 136 valence electrons. The van der Waals surface area contributed by atoms with Gasteiger partial charge in [0.25, 0.3) is 5.91 Å². The number of anilines is 1. The van der Waals surface area contributed by atoms with Gasteiger partial charge in [-0.05, 0) is 60.7 Å². The first-order valence-corrected chi connectivity index (χ1v) is 9.33. The number of carbonyl (C=O) groups is 1. The van der Waals surface area contributed by atoms with Gasteiger partial charge in [-0.1, -0.05) is 37.1 Å². The van der Waals surface area contributed by atoms with Crippen molar-refractivity contribution >= 4 is 11.6 Å². The average molecular weight is 360 g/mol. The van der Waals surface area contributed by atoms with E-state index in [1.165, 1.54) is 37.3 Å². The maximum absolute atomic E-state index is 13.8. The number of nitrogens with zero attached hydrogens (tertiary/aromatic N) is 1. The summed E-state index contributed by atoms with van der Waals surface area (Å²) in [5.74, 6) is 0.100. The van der Waals surface area contributed by atoms with Crippen molar-refractivity contribution in [3.8, 4) is 11.3 Å². The maximum atomic E-state index is 13.8. The lowest BCUT2D eigenvalue weighted by molar-refractivity contribution is 0.102. The van der Waals surface area contributed by atoms with Crippen LogP contribution in [0.5, 0.6) is 0 Å². The second-order valence-electron chi connectivity index (χ2n) is 6.97. The maximum Gasteiger partial charge on any atom is 0.255 e. The van der Waals surface area contributed by atoms with E-state index in [0.717, 1.165) is 5.69 Å². The van der Waals surface area contributed by atoms with Crippen LogP contribution in [-0.4, -0.2) is 10.9 Å². The summed E-state index contributed by atoms with van der Waals surface area (Å²) in [5.41, 5.74) is 3.58. The van der Waals surface area contributed by atoms with Crippen molar-refractivity contribution in [2.45, 2.75) is 31.6 Å². The lowest BCUT2D eigenvalue weighted by atomic mass is 9.97. The summed E-state index contributed by atoms with van der Waals surface area (Å²) in [6.45, 7) is 0. The minimum atomic E-state index is -0.378. The highest BCUT2D eigenvalue weighted by Crippen LogP contribution is 2.34. The van der Waals surface area contributed by atoms with Crippen LogP contribution in [0.25, 0.3) is 11.3 Å². The monoisotopic (exact) mass is 360 g/mol. The van der Waals surface area contributed by atoms with Gasteiger partial charge in [-0.15, -0.1) is 0 Å². The van der Waals surface area contributed by atoms with E-state index < -0.39 is 0 Å². The Morgan fingerprint density at radius 1 is 0.963 bits per heavy atom. The summed E-state index contributed by atoms with van der Waals surface area (Å²) < 4.78 is 13.8. The Morgan fingerprint density at radius 3 is 2.33 bits per heavy atom. The zero-order chi connectivity index (χ0) is 18.6. The Labute approximate surface area is 158 Å². The highest BCUT2D eigenvalue weighted by atomic mass is 19.1. The van der Waals surface area contributed by atoms with Crippen LogP contribution in [0.4, 0.5) is 10.1 Å². The molecule has 0 spiro atoms. The molecule has 3 aromatic rings. The van der Waals surface area contributed by atoms with Gasteiger partial charge in [-0.25, -0.2) is 4.39 Å². The zero-order valence-corrected chi connectivity index (χ0v) is 15.0. The number of amides is 1. The minimum absolute atomic E-state index is 0.184. The highest BCUT2D eigenvalue weighted by molar-refractivity contribution is 6.04. The molecular weight excluding hydrogens is 339 g/mol. The van der Waals surface area contributed by atoms with Crippen LogP contribution in [-0.2, 0) is 0 Å². The molecule has 0 saturated heterocycles. The predicted octanol–water partition coefficient (Wildman–Crippen LogP) is 5.80. The SMILES string of the molecule is O=C(Nc1ccc(C2CCCC2)cc1)c1ccc(-c2ncccc2F)cc1. The molecule has 1 aliphatic carbocycles. The summed E-state index contributed by atoms with van der Waals surface area (Å²) in [6.07, 6.45) is 6.68. The van der Waals surface area contributed by atoms with Gasteiger partial charge in [0.15, 0.2) is 0 Å². The number of halogens is 1. The van der Waals surface area contributed by atoms with Gasteiger partial charge < -0.3 is 5.32 Å². The van der Waals surface area contributed by atoms with Gasteiger partial charge in [0.2, 0.25) is 0 Å². The molecule has 4 heteroatoms. The molecule has 1 saturated carbocycles. The summed E-state index contributed by atoms with van der Waals surface area (Å²) in [5, 5.41) is 2.92. The minimum Gasteiger partial charge on any atom is -0.322 e.